The van der Waals surface area contributed by atoms with Crippen molar-refractivity contribution in [2.24, 2.45) is 0 Å². The number of hydrogen-bond donors (Lipinski definition) is 2. The lowest BCUT2D eigenvalue weighted by atomic mass is 10.1. The summed E-state index contributed by atoms with van der Waals surface area (Å²) in [5.41, 5.74) is 3.19. The molecule has 4 heterocycles. The second-order valence-electron chi connectivity index (χ2n) is 8.97. The first-order chi connectivity index (χ1) is 19.7. The summed E-state index contributed by atoms with van der Waals surface area (Å²) in [5, 5.41) is 16.7. The van der Waals surface area contributed by atoms with Crippen LogP contribution in [0.25, 0.3) is 21.3 Å². The number of H-pyrrole nitrogens is 1. The maximum absolute atomic E-state index is 12.8. The van der Waals surface area contributed by atoms with Gasteiger partial charge in [-0.1, -0.05) is 47.7 Å². The molecule has 0 amide bonds. The average molecular weight is 609 g/mol. The zero-order valence-electron chi connectivity index (χ0n) is 21.2. The molecule has 0 aliphatic heterocycles. The Hall–Kier alpha value is -4.47. The molecular weight excluding hydrogens is 589 g/mol. The highest BCUT2D eigenvalue weighted by Gasteiger charge is 2.34. The molecule has 0 saturated carbocycles. The van der Waals surface area contributed by atoms with Crippen molar-refractivity contribution in [1.29, 1.82) is 0 Å². The highest BCUT2D eigenvalue weighted by atomic mass is 32.2. The van der Waals surface area contributed by atoms with Gasteiger partial charge in [0.25, 0.3) is 0 Å². The number of ether oxygens (including phenoxy) is 1. The summed E-state index contributed by atoms with van der Waals surface area (Å²) >= 11 is 2.00. The average Bonchev–Trinajstić information content (AvgIpc) is 3.66. The minimum absolute atomic E-state index is 0.0277. The number of nitrogens with zero attached hydrogens (tertiary/aromatic N) is 5. The van der Waals surface area contributed by atoms with Gasteiger partial charge in [0.2, 0.25) is 17.7 Å². The fourth-order valence-electron chi connectivity index (χ4n) is 4.02. The van der Waals surface area contributed by atoms with Gasteiger partial charge in [-0.3, -0.25) is 9.78 Å². The summed E-state index contributed by atoms with van der Waals surface area (Å²) in [5.74, 6) is -0.386. The molecule has 2 N–H and O–H groups in total. The Kier molecular flexibility index (Phi) is 7.07. The lowest BCUT2D eigenvalue weighted by molar-refractivity contribution is 0.281. The molecule has 6 aromatic rings. The predicted molar refractivity (Wildman–Crippen MR) is 152 cm³/mol. The molecule has 0 aliphatic carbocycles. The van der Waals surface area contributed by atoms with E-state index in [2.05, 4.69) is 30.1 Å². The zero-order chi connectivity index (χ0) is 28.6. The Morgan fingerprint density at radius 2 is 1.83 bits per heavy atom. The highest BCUT2D eigenvalue weighted by Crippen LogP contribution is 2.36. The van der Waals surface area contributed by atoms with Crippen LogP contribution in [0.2, 0.25) is 0 Å². The maximum Gasteiger partial charge on any atom is 0.316 e. The molecule has 0 saturated heterocycles. The molecule has 4 aromatic heterocycles. The molecule has 2 aromatic carbocycles. The Morgan fingerprint density at radius 1 is 1.05 bits per heavy atom. The second kappa shape index (κ2) is 10.8. The van der Waals surface area contributed by atoms with Crippen molar-refractivity contribution in [3.05, 3.63) is 97.8 Å². The summed E-state index contributed by atoms with van der Waals surface area (Å²) in [4.78, 5) is 26.8. The van der Waals surface area contributed by atoms with E-state index in [4.69, 9.17) is 9.15 Å². The van der Waals surface area contributed by atoms with Crippen LogP contribution in [0.15, 0.2) is 70.1 Å². The smallest absolute Gasteiger partial charge is 0.316 e. The molecule has 12 nitrogen and oxygen atoms in total. The fourth-order valence-corrected chi connectivity index (χ4v) is 7.27. The predicted octanol–water partition coefficient (Wildman–Crippen LogP) is 3.90. The van der Waals surface area contributed by atoms with Crippen LogP contribution in [0, 0.1) is 0 Å². The summed E-state index contributed by atoms with van der Waals surface area (Å²) in [6.45, 7) is 0.356. The van der Waals surface area contributed by atoms with Gasteiger partial charge in [0.15, 0.2) is 15.1 Å². The van der Waals surface area contributed by atoms with Crippen LogP contribution in [0.5, 0.6) is 11.9 Å². The van der Waals surface area contributed by atoms with Crippen molar-refractivity contribution in [3.8, 4) is 23.0 Å². The quantitative estimate of drug-likeness (QED) is 0.244. The van der Waals surface area contributed by atoms with E-state index >= 15 is 0 Å². The second-order valence-corrected chi connectivity index (χ2v) is 13.2. The van der Waals surface area contributed by atoms with Crippen molar-refractivity contribution in [2.75, 3.05) is 6.26 Å². The highest BCUT2D eigenvalue weighted by molar-refractivity contribution is 7.91. The molecule has 0 radical (unpaired) electrons. The number of rotatable bonds is 9. The lowest BCUT2D eigenvalue weighted by Crippen LogP contribution is -2.13. The molecule has 0 fully saturated rings. The van der Waals surface area contributed by atoms with Crippen molar-refractivity contribution >= 4 is 42.7 Å². The van der Waals surface area contributed by atoms with Gasteiger partial charge in [-0.15, -0.1) is 21.5 Å². The third kappa shape index (κ3) is 5.86. The van der Waals surface area contributed by atoms with Crippen molar-refractivity contribution < 1.29 is 22.7 Å². The standard InChI is InChI=1S/C26H20N6O6S3/c1-41(35,36)21(23-32-31-20(38-23)10-19-22(33)30-26(34)40-19)24-29-17-8-7-15(9-18(17)39-24)16-11-27-25(28-12-16)37-13-14-5-3-2-4-6-14/h2-9,11-12,21,33H,10,13H2,1H3,(H,30,34). The van der Waals surface area contributed by atoms with Gasteiger partial charge in [0.1, 0.15) is 11.6 Å². The first kappa shape index (κ1) is 26.7. The molecule has 15 heteroatoms. The molecule has 41 heavy (non-hydrogen) atoms. The first-order valence-electron chi connectivity index (χ1n) is 12.0. The largest absolute Gasteiger partial charge is 0.494 e. The van der Waals surface area contributed by atoms with Crippen LogP contribution in [0.4, 0.5) is 0 Å². The Labute approximate surface area is 240 Å². The number of hydrogen-bond acceptors (Lipinski definition) is 13. The van der Waals surface area contributed by atoms with Crippen molar-refractivity contribution in [3.63, 3.8) is 0 Å². The SMILES string of the molecule is CS(=O)(=O)C(c1nnc(Cc2sc(=O)[nH]c2O)o1)c1nc2ccc(-c3cnc(OCc4ccccc4)nc3)cc2s1. The molecule has 6 rings (SSSR count). The van der Waals surface area contributed by atoms with Crippen molar-refractivity contribution in [1.82, 2.24) is 30.1 Å². The van der Waals surface area contributed by atoms with Gasteiger partial charge in [0.05, 0.1) is 21.5 Å². The van der Waals surface area contributed by atoms with E-state index in [0.717, 1.165) is 39.0 Å². The number of thiazole rings is 2. The minimum Gasteiger partial charge on any atom is -0.494 e. The number of aromatic amines is 1. The monoisotopic (exact) mass is 608 g/mol. The minimum atomic E-state index is -3.76. The topological polar surface area (TPSA) is 174 Å². The van der Waals surface area contributed by atoms with Gasteiger partial charge >= 0.3 is 10.9 Å². The fraction of sp³-hybridized carbons (Fsp3) is 0.154. The van der Waals surface area contributed by atoms with Gasteiger partial charge in [0, 0.05) is 24.2 Å². The van der Waals surface area contributed by atoms with E-state index in [1.807, 2.05) is 42.5 Å². The van der Waals surface area contributed by atoms with Crippen LogP contribution in [0.3, 0.4) is 0 Å². The van der Waals surface area contributed by atoms with E-state index in [1.165, 1.54) is 11.3 Å². The zero-order valence-corrected chi connectivity index (χ0v) is 23.7. The number of sulfone groups is 1. The third-order valence-corrected chi connectivity index (χ3v) is 9.33. The molecule has 208 valence electrons. The molecule has 0 bridgehead atoms. The van der Waals surface area contributed by atoms with Gasteiger partial charge in [-0.2, -0.15) is 0 Å². The van der Waals surface area contributed by atoms with E-state index in [-0.39, 0.29) is 35.1 Å². The van der Waals surface area contributed by atoms with Gasteiger partial charge < -0.3 is 14.3 Å². The first-order valence-corrected chi connectivity index (χ1v) is 15.6. The van der Waals surface area contributed by atoms with E-state index in [9.17, 15) is 18.3 Å². The Balaban J connectivity index is 1.24. The molecule has 0 spiro atoms. The van der Waals surface area contributed by atoms with E-state index in [1.54, 1.807) is 18.5 Å². The van der Waals surface area contributed by atoms with Gasteiger partial charge in [-0.05, 0) is 23.3 Å². The number of benzene rings is 2. The molecular formula is C26H20N6O6S3. The summed E-state index contributed by atoms with van der Waals surface area (Å²) in [7, 11) is -3.76. The number of fused-ring (bicyclic) bond motifs is 1. The van der Waals surface area contributed by atoms with E-state index in [0.29, 0.717) is 17.0 Å². The lowest BCUT2D eigenvalue weighted by Gasteiger charge is -2.07. The van der Waals surface area contributed by atoms with Gasteiger partial charge in [-0.25, -0.2) is 23.4 Å². The summed E-state index contributed by atoms with van der Waals surface area (Å²) in [6.07, 6.45) is 4.37. The number of nitrogens with one attached hydrogen (secondary N) is 1. The van der Waals surface area contributed by atoms with Crippen LogP contribution in [0.1, 0.15) is 32.5 Å². The van der Waals surface area contributed by atoms with Crippen LogP contribution in [-0.2, 0) is 22.9 Å². The Morgan fingerprint density at radius 3 is 2.54 bits per heavy atom. The molecule has 1 unspecified atom stereocenters. The number of aromatic nitrogens is 6. The maximum atomic E-state index is 12.8. The van der Waals surface area contributed by atoms with Crippen LogP contribution >= 0.6 is 22.7 Å². The normalized spacial score (nSPS) is 12.5. The Bertz CT molecular complexity index is 2000. The third-order valence-electron chi connectivity index (χ3n) is 5.95. The van der Waals surface area contributed by atoms with Crippen molar-refractivity contribution in [2.45, 2.75) is 18.3 Å². The number of aromatic hydroxyl groups is 1. The summed E-state index contributed by atoms with van der Waals surface area (Å²) < 4.78 is 37.7. The van der Waals surface area contributed by atoms with E-state index < -0.39 is 20.0 Å². The molecule has 0 aliphatic rings. The molecule has 1 atom stereocenters. The van der Waals surface area contributed by atoms with Crippen LogP contribution in [-0.4, -0.2) is 49.9 Å². The summed E-state index contributed by atoms with van der Waals surface area (Å²) in [6, 6.07) is 15.5. The van der Waals surface area contributed by atoms with Crippen LogP contribution < -0.4 is 9.61 Å².